The first-order chi connectivity index (χ1) is 20.7. The van der Waals surface area contributed by atoms with E-state index in [0.717, 1.165) is 42.0 Å². The van der Waals surface area contributed by atoms with Crippen molar-refractivity contribution in [1.29, 1.82) is 0 Å². The maximum absolute atomic E-state index is 14.1. The van der Waals surface area contributed by atoms with E-state index in [0.29, 0.717) is 23.8 Å². The van der Waals surface area contributed by atoms with E-state index in [2.05, 4.69) is 5.32 Å². The zero-order valence-electron chi connectivity index (χ0n) is 25.1. The third-order valence-electron chi connectivity index (χ3n) is 7.65. The lowest BCUT2D eigenvalue weighted by Gasteiger charge is -2.33. The molecule has 1 fully saturated rings. The summed E-state index contributed by atoms with van der Waals surface area (Å²) in [7, 11) is -2.60. The monoisotopic (exact) mass is 607 g/mol. The zero-order valence-corrected chi connectivity index (χ0v) is 25.9. The third-order valence-corrected chi connectivity index (χ3v) is 9.44. The minimum Gasteiger partial charge on any atom is -0.497 e. The Bertz CT molecular complexity index is 1460. The number of carbonyl (C=O) groups is 2. The van der Waals surface area contributed by atoms with Crippen LogP contribution in [0.1, 0.15) is 51.5 Å². The van der Waals surface area contributed by atoms with Gasteiger partial charge in [0.05, 0.1) is 24.3 Å². The molecular weight excluding hydrogens is 566 g/mol. The van der Waals surface area contributed by atoms with Gasteiger partial charge in [0.2, 0.25) is 11.8 Å². The SMILES string of the molecule is CCOc1ccc(S(=O)(=O)N(CC(=O)N(Cc2cccc(OC)c2)[C@@H](C)C(=O)NC2CCCCC2)c2ccccc2)cc1. The van der Waals surface area contributed by atoms with Gasteiger partial charge in [-0.25, -0.2) is 8.42 Å². The second kappa shape index (κ2) is 14.9. The van der Waals surface area contributed by atoms with E-state index in [9.17, 15) is 18.0 Å². The molecule has 4 rings (SSSR count). The van der Waals surface area contributed by atoms with Crippen molar-refractivity contribution < 1.29 is 27.5 Å². The molecule has 3 aromatic rings. The number of sulfonamides is 1. The molecular formula is C33H41N3O6S. The molecule has 0 heterocycles. The van der Waals surface area contributed by atoms with Gasteiger partial charge in [0.15, 0.2) is 0 Å². The standard InChI is InChI=1S/C33H41N3O6S/c1-4-42-29-18-20-31(21-19-29)43(39,40)36(28-15-9-6-10-16-28)24-32(37)35(23-26-12-11-17-30(22-26)41-3)25(2)33(38)34-27-13-7-5-8-14-27/h6,9-12,15-22,25,27H,4-5,7-8,13-14,23-24H2,1-3H3,(H,34,38)/t25-/m0/s1. The Morgan fingerprint density at radius 2 is 1.63 bits per heavy atom. The number of benzene rings is 3. The Morgan fingerprint density at radius 3 is 2.28 bits per heavy atom. The second-order valence-corrected chi connectivity index (χ2v) is 12.5. The van der Waals surface area contributed by atoms with Gasteiger partial charge in [-0.3, -0.25) is 13.9 Å². The molecule has 0 aromatic heterocycles. The Labute approximate surface area is 254 Å². The highest BCUT2D eigenvalue weighted by atomic mass is 32.2. The highest BCUT2D eigenvalue weighted by Crippen LogP contribution is 2.26. The van der Waals surface area contributed by atoms with Crippen molar-refractivity contribution in [3.05, 3.63) is 84.4 Å². The number of methoxy groups -OCH3 is 1. The van der Waals surface area contributed by atoms with E-state index in [4.69, 9.17) is 9.47 Å². The lowest BCUT2D eigenvalue weighted by atomic mass is 9.95. The fourth-order valence-corrected chi connectivity index (χ4v) is 6.66. The van der Waals surface area contributed by atoms with Crippen LogP contribution in [-0.2, 0) is 26.2 Å². The van der Waals surface area contributed by atoms with E-state index >= 15 is 0 Å². The summed E-state index contributed by atoms with van der Waals surface area (Å²) >= 11 is 0. The first-order valence-corrected chi connectivity index (χ1v) is 16.2. The topological polar surface area (TPSA) is 105 Å². The van der Waals surface area contributed by atoms with Crippen molar-refractivity contribution in [1.82, 2.24) is 10.2 Å². The molecule has 3 aromatic carbocycles. The summed E-state index contributed by atoms with van der Waals surface area (Å²) in [5.41, 5.74) is 1.09. The fourth-order valence-electron chi connectivity index (χ4n) is 5.24. The first-order valence-electron chi connectivity index (χ1n) is 14.8. The van der Waals surface area contributed by atoms with Gasteiger partial charge in [0, 0.05) is 12.6 Å². The lowest BCUT2D eigenvalue weighted by Crippen LogP contribution is -2.53. The van der Waals surface area contributed by atoms with E-state index in [1.165, 1.54) is 17.0 Å². The van der Waals surface area contributed by atoms with Gasteiger partial charge in [-0.1, -0.05) is 49.6 Å². The maximum atomic E-state index is 14.1. The molecule has 0 unspecified atom stereocenters. The predicted octanol–water partition coefficient (Wildman–Crippen LogP) is 5.16. The van der Waals surface area contributed by atoms with E-state index in [1.807, 2.05) is 19.1 Å². The molecule has 9 nitrogen and oxygen atoms in total. The molecule has 1 atom stereocenters. The summed E-state index contributed by atoms with van der Waals surface area (Å²) in [6.07, 6.45) is 5.08. The number of rotatable bonds is 13. The number of ether oxygens (including phenoxy) is 2. The zero-order chi connectivity index (χ0) is 30.8. The largest absolute Gasteiger partial charge is 0.497 e. The number of anilines is 1. The van der Waals surface area contributed by atoms with Gasteiger partial charge in [-0.15, -0.1) is 0 Å². The van der Waals surface area contributed by atoms with Gasteiger partial charge < -0.3 is 19.7 Å². The van der Waals surface area contributed by atoms with Crippen LogP contribution in [0.3, 0.4) is 0 Å². The molecule has 1 N–H and O–H groups in total. The molecule has 230 valence electrons. The molecule has 1 aliphatic rings. The average molecular weight is 608 g/mol. The number of carbonyl (C=O) groups excluding carboxylic acids is 2. The van der Waals surface area contributed by atoms with Gasteiger partial charge in [-0.2, -0.15) is 0 Å². The normalized spacial score (nSPS) is 14.4. The summed E-state index contributed by atoms with van der Waals surface area (Å²) in [6.45, 7) is 3.59. The molecule has 0 radical (unpaired) electrons. The molecule has 1 saturated carbocycles. The Hall–Kier alpha value is -4.05. The van der Waals surface area contributed by atoms with E-state index < -0.39 is 28.5 Å². The summed E-state index contributed by atoms with van der Waals surface area (Å²) in [4.78, 5) is 29.1. The molecule has 0 spiro atoms. The van der Waals surface area contributed by atoms with Crippen LogP contribution in [0, 0.1) is 0 Å². The highest BCUT2D eigenvalue weighted by molar-refractivity contribution is 7.92. The van der Waals surface area contributed by atoms with Crippen LogP contribution in [0.5, 0.6) is 11.5 Å². The van der Waals surface area contributed by atoms with Crippen LogP contribution < -0.4 is 19.1 Å². The van der Waals surface area contributed by atoms with Crippen molar-refractivity contribution in [2.75, 3.05) is 24.6 Å². The minimum absolute atomic E-state index is 0.0232. The van der Waals surface area contributed by atoms with Crippen LogP contribution >= 0.6 is 0 Å². The Kier molecular flexibility index (Phi) is 11.1. The van der Waals surface area contributed by atoms with Gasteiger partial charge >= 0.3 is 0 Å². The summed E-state index contributed by atoms with van der Waals surface area (Å²) in [5.74, 6) is 0.399. The first kappa shape index (κ1) is 31.9. The molecule has 0 aliphatic heterocycles. The van der Waals surface area contributed by atoms with Gasteiger partial charge in [0.25, 0.3) is 10.0 Å². The van der Waals surface area contributed by atoms with Gasteiger partial charge in [0.1, 0.15) is 24.1 Å². The van der Waals surface area contributed by atoms with Crippen LogP contribution in [0.15, 0.2) is 83.8 Å². The van der Waals surface area contributed by atoms with Crippen molar-refractivity contribution in [3.63, 3.8) is 0 Å². The molecule has 1 aliphatic carbocycles. The smallest absolute Gasteiger partial charge is 0.264 e. The third kappa shape index (κ3) is 8.28. The molecule has 0 bridgehead atoms. The summed E-state index contributed by atoms with van der Waals surface area (Å²) in [6, 6.07) is 21.1. The van der Waals surface area contributed by atoms with Crippen molar-refractivity contribution >= 4 is 27.5 Å². The molecule has 0 saturated heterocycles. The molecule has 2 amide bonds. The maximum Gasteiger partial charge on any atom is 0.264 e. The summed E-state index contributed by atoms with van der Waals surface area (Å²) in [5, 5.41) is 3.12. The quantitative estimate of drug-likeness (QED) is 0.288. The van der Waals surface area contributed by atoms with Crippen LogP contribution in [0.2, 0.25) is 0 Å². The van der Waals surface area contributed by atoms with E-state index in [-0.39, 0.29) is 23.4 Å². The van der Waals surface area contributed by atoms with Crippen molar-refractivity contribution in [2.24, 2.45) is 0 Å². The molecule has 43 heavy (non-hydrogen) atoms. The van der Waals surface area contributed by atoms with E-state index in [1.54, 1.807) is 68.6 Å². The number of nitrogens with zero attached hydrogens (tertiary/aromatic N) is 2. The number of para-hydroxylation sites is 1. The predicted molar refractivity (Wildman–Crippen MR) is 167 cm³/mol. The average Bonchev–Trinajstić information content (AvgIpc) is 3.03. The molecule has 10 heteroatoms. The Morgan fingerprint density at radius 1 is 0.930 bits per heavy atom. The van der Waals surface area contributed by atoms with Gasteiger partial charge in [-0.05, 0) is 80.8 Å². The van der Waals surface area contributed by atoms with Crippen LogP contribution in [0.4, 0.5) is 5.69 Å². The Balaban J connectivity index is 1.66. The number of hydrogen-bond donors (Lipinski definition) is 1. The fraction of sp³-hybridized carbons (Fsp3) is 0.394. The number of nitrogens with one attached hydrogen (secondary N) is 1. The highest BCUT2D eigenvalue weighted by Gasteiger charge is 2.33. The van der Waals surface area contributed by atoms with Crippen LogP contribution in [-0.4, -0.2) is 57.5 Å². The lowest BCUT2D eigenvalue weighted by molar-refractivity contribution is -0.139. The minimum atomic E-state index is -4.16. The number of hydrogen-bond acceptors (Lipinski definition) is 6. The summed E-state index contributed by atoms with van der Waals surface area (Å²) < 4.78 is 39.9. The van der Waals surface area contributed by atoms with Crippen LogP contribution in [0.25, 0.3) is 0 Å². The second-order valence-electron chi connectivity index (χ2n) is 10.6. The number of amides is 2. The van der Waals surface area contributed by atoms with Crippen molar-refractivity contribution in [2.45, 2.75) is 69.5 Å². The van der Waals surface area contributed by atoms with Crippen molar-refractivity contribution in [3.8, 4) is 11.5 Å².